The first-order chi connectivity index (χ1) is 14.7. The minimum Gasteiger partial charge on any atom is -0.282 e. The lowest BCUT2D eigenvalue weighted by Gasteiger charge is -2.13. The largest absolute Gasteiger partial charge is 0.282 e. The average molecular weight is 401 g/mol. The molecule has 0 aliphatic heterocycles. The van der Waals surface area contributed by atoms with Gasteiger partial charge in [-0.3, -0.25) is 14.3 Å². The lowest BCUT2D eigenvalue weighted by molar-refractivity contribution is 0.476. The molecule has 2 aliphatic carbocycles. The fourth-order valence-corrected chi connectivity index (χ4v) is 4.80. The van der Waals surface area contributed by atoms with Gasteiger partial charge in [0.25, 0.3) is 5.56 Å². The van der Waals surface area contributed by atoms with Crippen LogP contribution in [0.2, 0.25) is 0 Å². The van der Waals surface area contributed by atoms with Crippen molar-refractivity contribution < 1.29 is 0 Å². The van der Waals surface area contributed by atoms with Gasteiger partial charge in [0, 0.05) is 36.8 Å². The van der Waals surface area contributed by atoms with Gasteiger partial charge in [-0.25, -0.2) is 9.97 Å². The van der Waals surface area contributed by atoms with Crippen molar-refractivity contribution in [2.24, 2.45) is 11.8 Å². The zero-order valence-corrected chi connectivity index (χ0v) is 17.5. The van der Waals surface area contributed by atoms with Crippen LogP contribution in [0, 0.1) is 18.8 Å². The van der Waals surface area contributed by atoms with E-state index in [0.29, 0.717) is 11.8 Å². The fourth-order valence-electron chi connectivity index (χ4n) is 4.80. The molecule has 3 aromatic heterocycles. The molecule has 154 valence electrons. The van der Waals surface area contributed by atoms with E-state index in [9.17, 15) is 4.79 Å². The molecule has 2 fully saturated rings. The lowest BCUT2D eigenvalue weighted by atomic mass is 9.97. The number of nitrogens with zero attached hydrogens (tertiary/aromatic N) is 4. The Morgan fingerprint density at radius 1 is 0.967 bits per heavy atom. The molecule has 2 saturated carbocycles. The smallest absolute Gasteiger partial charge is 0.255 e. The Morgan fingerprint density at radius 3 is 2.43 bits per heavy atom. The highest BCUT2D eigenvalue weighted by molar-refractivity contribution is 5.39. The third kappa shape index (κ3) is 4.20. The Morgan fingerprint density at radius 2 is 1.73 bits per heavy atom. The molecular formula is C25H28N4O. The topological polar surface area (TPSA) is 60.7 Å². The summed E-state index contributed by atoms with van der Waals surface area (Å²) in [6.45, 7) is 2.06. The molecule has 0 aromatic carbocycles. The fraction of sp³-hybridized carbons (Fsp3) is 0.440. The van der Waals surface area contributed by atoms with Crippen LogP contribution in [0.5, 0.6) is 0 Å². The standard InChI is InChI=1S/C25H28N4O/c1-17-10-22(26-16-23(17)29-9-3-2-4-25(29)30)12-18-5-6-19(11-18)13-24-27-14-21(15-28-24)20-7-8-20/h2-4,9-10,14-16,18-20H,5-8,11-13H2,1H3/t18-,19-/m0/s1. The van der Waals surface area contributed by atoms with Crippen LogP contribution in [0.15, 0.2) is 53.8 Å². The molecule has 3 aromatic rings. The van der Waals surface area contributed by atoms with E-state index in [2.05, 4.69) is 27.9 Å². The van der Waals surface area contributed by atoms with Crippen LogP contribution in [0.4, 0.5) is 0 Å². The quantitative estimate of drug-likeness (QED) is 0.615. The van der Waals surface area contributed by atoms with Gasteiger partial charge in [0.05, 0.1) is 11.9 Å². The van der Waals surface area contributed by atoms with Crippen LogP contribution in [-0.2, 0) is 12.8 Å². The molecule has 0 radical (unpaired) electrons. The van der Waals surface area contributed by atoms with Crippen LogP contribution in [-0.4, -0.2) is 19.5 Å². The molecule has 0 amide bonds. The second-order valence-electron chi connectivity index (χ2n) is 9.03. The Labute approximate surface area is 177 Å². The molecule has 3 heterocycles. The number of rotatable bonds is 6. The lowest BCUT2D eigenvalue weighted by Crippen LogP contribution is -2.17. The van der Waals surface area contributed by atoms with Gasteiger partial charge in [-0.2, -0.15) is 0 Å². The molecule has 0 saturated heterocycles. The van der Waals surface area contributed by atoms with E-state index >= 15 is 0 Å². The molecule has 2 aliphatic rings. The maximum absolute atomic E-state index is 12.1. The van der Waals surface area contributed by atoms with Crippen molar-refractivity contribution in [3.05, 3.63) is 82.1 Å². The van der Waals surface area contributed by atoms with E-state index in [0.717, 1.165) is 41.5 Å². The highest BCUT2D eigenvalue weighted by Crippen LogP contribution is 2.39. The first-order valence-corrected chi connectivity index (χ1v) is 11.1. The van der Waals surface area contributed by atoms with Crippen molar-refractivity contribution in [3.8, 4) is 5.69 Å². The Balaban J connectivity index is 1.20. The summed E-state index contributed by atoms with van der Waals surface area (Å²) in [6, 6.07) is 7.35. The maximum atomic E-state index is 12.1. The number of hydrogen-bond acceptors (Lipinski definition) is 4. The van der Waals surface area contributed by atoms with Crippen molar-refractivity contribution in [3.63, 3.8) is 0 Å². The summed E-state index contributed by atoms with van der Waals surface area (Å²) >= 11 is 0. The van der Waals surface area contributed by atoms with E-state index in [1.165, 1.54) is 37.7 Å². The van der Waals surface area contributed by atoms with Crippen LogP contribution in [0.1, 0.15) is 60.7 Å². The third-order valence-corrected chi connectivity index (χ3v) is 6.61. The van der Waals surface area contributed by atoms with Gasteiger partial charge in [0.15, 0.2) is 0 Å². The van der Waals surface area contributed by atoms with Gasteiger partial charge < -0.3 is 0 Å². The van der Waals surface area contributed by atoms with E-state index in [-0.39, 0.29) is 5.56 Å². The van der Waals surface area contributed by atoms with Gasteiger partial charge >= 0.3 is 0 Å². The molecule has 5 nitrogen and oxygen atoms in total. The highest BCUT2D eigenvalue weighted by Gasteiger charge is 2.27. The predicted octanol–water partition coefficient (Wildman–Crippen LogP) is 4.41. The van der Waals surface area contributed by atoms with Crippen molar-refractivity contribution in [2.75, 3.05) is 0 Å². The summed E-state index contributed by atoms with van der Waals surface area (Å²) in [4.78, 5) is 26.0. The Bertz CT molecular complexity index is 1080. The summed E-state index contributed by atoms with van der Waals surface area (Å²) in [5, 5.41) is 0. The van der Waals surface area contributed by atoms with Crippen molar-refractivity contribution >= 4 is 0 Å². The number of aryl methyl sites for hydroxylation is 1. The molecule has 5 heteroatoms. The number of pyridine rings is 2. The normalized spacial score (nSPS) is 21.1. The predicted molar refractivity (Wildman–Crippen MR) is 117 cm³/mol. The Hall–Kier alpha value is -2.82. The summed E-state index contributed by atoms with van der Waals surface area (Å²) in [5.41, 5.74) is 4.36. The summed E-state index contributed by atoms with van der Waals surface area (Å²) in [7, 11) is 0. The third-order valence-electron chi connectivity index (χ3n) is 6.61. The first kappa shape index (κ1) is 19.2. The zero-order valence-electron chi connectivity index (χ0n) is 17.5. The minimum absolute atomic E-state index is 0.0267. The van der Waals surface area contributed by atoms with Crippen LogP contribution in [0.3, 0.4) is 0 Å². The van der Waals surface area contributed by atoms with Gasteiger partial charge in [0.1, 0.15) is 5.82 Å². The van der Waals surface area contributed by atoms with Gasteiger partial charge in [-0.15, -0.1) is 0 Å². The van der Waals surface area contributed by atoms with Crippen molar-refractivity contribution in [1.29, 1.82) is 0 Å². The van der Waals surface area contributed by atoms with E-state index in [1.807, 2.05) is 24.7 Å². The van der Waals surface area contributed by atoms with Gasteiger partial charge in [-0.05, 0) is 86.5 Å². The summed E-state index contributed by atoms with van der Waals surface area (Å²) < 4.78 is 1.66. The maximum Gasteiger partial charge on any atom is 0.255 e. The van der Waals surface area contributed by atoms with Gasteiger partial charge in [0.2, 0.25) is 0 Å². The van der Waals surface area contributed by atoms with E-state index in [1.54, 1.807) is 22.9 Å². The second kappa shape index (κ2) is 8.13. The monoisotopic (exact) mass is 400 g/mol. The molecule has 2 atom stereocenters. The van der Waals surface area contributed by atoms with Crippen LogP contribution < -0.4 is 5.56 Å². The van der Waals surface area contributed by atoms with Crippen LogP contribution in [0.25, 0.3) is 5.69 Å². The average Bonchev–Trinajstić information content (AvgIpc) is 3.51. The molecular weight excluding hydrogens is 372 g/mol. The molecule has 5 rings (SSSR count). The SMILES string of the molecule is Cc1cc(C[C@H]2CC[C@H](Cc3ncc(C4CC4)cn3)C2)ncc1-n1ccccc1=O. The molecule has 0 unspecified atom stereocenters. The first-order valence-electron chi connectivity index (χ1n) is 11.1. The Kier molecular flexibility index (Phi) is 5.19. The van der Waals surface area contributed by atoms with Crippen molar-refractivity contribution in [2.45, 2.75) is 57.8 Å². The van der Waals surface area contributed by atoms with Gasteiger partial charge in [-0.1, -0.05) is 6.07 Å². The molecule has 30 heavy (non-hydrogen) atoms. The van der Waals surface area contributed by atoms with Crippen LogP contribution >= 0.6 is 0 Å². The number of hydrogen-bond donors (Lipinski definition) is 0. The van der Waals surface area contributed by atoms with E-state index in [4.69, 9.17) is 0 Å². The second-order valence-corrected chi connectivity index (χ2v) is 9.03. The molecule has 0 N–H and O–H groups in total. The zero-order chi connectivity index (χ0) is 20.5. The molecule has 0 spiro atoms. The molecule has 0 bridgehead atoms. The number of aromatic nitrogens is 4. The highest BCUT2D eigenvalue weighted by atomic mass is 16.1. The minimum atomic E-state index is -0.0267. The van der Waals surface area contributed by atoms with E-state index < -0.39 is 0 Å². The summed E-state index contributed by atoms with van der Waals surface area (Å²) in [6.07, 6.45) is 16.0. The van der Waals surface area contributed by atoms with Crippen molar-refractivity contribution in [1.82, 2.24) is 19.5 Å². The summed E-state index contributed by atoms with van der Waals surface area (Å²) in [5.74, 6) is 3.05.